The highest BCUT2D eigenvalue weighted by atomic mass is 32.2. The summed E-state index contributed by atoms with van der Waals surface area (Å²) in [5.41, 5.74) is 3.84. The average Bonchev–Trinajstić information content (AvgIpc) is 3.24. The van der Waals surface area contributed by atoms with Crippen molar-refractivity contribution >= 4 is 17.7 Å². The highest BCUT2D eigenvalue weighted by Crippen LogP contribution is 2.27. The summed E-state index contributed by atoms with van der Waals surface area (Å²) in [6.45, 7) is 7.23. The summed E-state index contributed by atoms with van der Waals surface area (Å²) in [7, 11) is 0. The molecule has 0 radical (unpaired) electrons. The molecule has 0 spiro atoms. The fraction of sp³-hybridized carbons (Fsp3) is 0.444. The number of hydrogen-bond acceptors (Lipinski definition) is 5. The van der Waals surface area contributed by atoms with Gasteiger partial charge in [-0.25, -0.2) is 0 Å². The normalized spacial score (nSPS) is 17.4. The number of thioether (sulfide) groups is 1. The molecule has 178 valence electrons. The van der Waals surface area contributed by atoms with Crippen molar-refractivity contribution in [1.29, 1.82) is 0 Å². The van der Waals surface area contributed by atoms with Crippen LogP contribution in [0.25, 0.3) is 0 Å². The third-order valence-corrected chi connectivity index (χ3v) is 7.93. The van der Waals surface area contributed by atoms with E-state index < -0.39 is 0 Å². The van der Waals surface area contributed by atoms with Crippen LogP contribution >= 0.6 is 11.8 Å². The number of nitrogens with zero attached hydrogens (tertiary/aromatic N) is 5. The van der Waals surface area contributed by atoms with Crippen LogP contribution < -0.4 is 0 Å². The second-order valence-electron chi connectivity index (χ2n) is 9.35. The number of fused-ring (bicyclic) bond motifs is 1. The van der Waals surface area contributed by atoms with Crippen LogP contribution in [0.1, 0.15) is 48.7 Å². The lowest BCUT2D eigenvalue weighted by Crippen LogP contribution is -2.40. The number of carbonyl (C=O) groups excluding carboxylic acids is 1. The molecule has 1 fully saturated rings. The topological polar surface area (TPSA) is 54.3 Å². The molecule has 1 saturated heterocycles. The van der Waals surface area contributed by atoms with E-state index in [1.54, 1.807) is 0 Å². The van der Waals surface area contributed by atoms with Crippen molar-refractivity contribution in [2.75, 3.05) is 19.6 Å². The van der Waals surface area contributed by atoms with Gasteiger partial charge < -0.3 is 9.47 Å². The van der Waals surface area contributed by atoms with Gasteiger partial charge in [-0.15, -0.1) is 10.2 Å². The van der Waals surface area contributed by atoms with Gasteiger partial charge in [0.1, 0.15) is 5.82 Å². The van der Waals surface area contributed by atoms with Gasteiger partial charge in [-0.2, -0.15) is 0 Å². The minimum absolute atomic E-state index is 0.173. The number of rotatable bonds is 7. The maximum Gasteiger partial charge on any atom is 0.236 e. The van der Waals surface area contributed by atoms with E-state index in [2.05, 4.69) is 68.2 Å². The summed E-state index contributed by atoms with van der Waals surface area (Å²) >= 11 is 1.53. The molecule has 0 aliphatic carbocycles. The lowest BCUT2D eigenvalue weighted by atomic mass is 10.00. The first-order valence-corrected chi connectivity index (χ1v) is 13.3. The summed E-state index contributed by atoms with van der Waals surface area (Å²) in [6, 6.07) is 18.9. The third-order valence-electron chi connectivity index (χ3n) is 6.86. The Morgan fingerprint density at radius 2 is 1.65 bits per heavy atom. The van der Waals surface area contributed by atoms with Gasteiger partial charge in [0.05, 0.1) is 18.3 Å². The van der Waals surface area contributed by atoms with E-state index in [-0.39, 0.29) is 11.2 Å². The quantitative estimate of drug-likeness (QED) is 0.475. The van der Waals surface area contributed by atoms with E-state index in [1.807, 2.05) is 17.9 Å². The van der Waals surface area contributed by atoms with E-state index in [0.29, 0.717) is 6.54 Å². The SMILES string of the molecule is CC(Sc1nnc(CN2CCCCC2)n1Cc1ccccc1)C(=O)N1CCc2ccccc2C1. The Balaban J connectivity index is 1.32. The number of benzene rings is 2. The van der Waals surface area contributed by atoms with Gasteiger partial charge in [0, 0.05) is 13.1 Å². The molecule has 7 heteroatoms. The molecular formula is C27H33N5OS. The molecule has 34 heavy (non-hydrogen) atoms. The first-order valence-electron chi connectivity index (χ1n) is 12.4. The molecule has 0 bridgehead atoms. The molecule has 1 aromatic heterocycles. The summed E-state index contributed by atoms with van der Waals surface area (Å²) in [5, 5.41) is 9.76. The molecule has 1 atom stereocenters. The van der Waals surface area contributed by atoms with Crippen molar-refractivity contribution in [1.82, 2.24) is 24.6 Å². The molecule has 2 aliphatic rings. The van der Waals surface area contributed by atoms with Crippen LogP contribution in [0.4, 0.5) is 0 Å². The summed E-state index contributed by atoms with van der Waals surface area (Å²) in [6.07, 6.45) is 4.73. The van der Waals surface area contributed by atoms with Crippen molar-refractivity contribution in [3.05, 3.63) is 77.1 Å². The fourth-order valence-corrected chi connectivity index (χ4v) is 5.87. The standard InChI is InChI=1S/C27H33N5OS/c1-21(26(33)31-17-14-23-12-6-7-13-24(23)19-31)34-27-29-28-25(20-30-15-8-3-9-16-30)32(27)18-22-10-4-2-5-11-22/h2,4-7,10-13,21H,3,8-9,14-20H2,1H3. The number of carbonyl (C=O) groups is 1. The summed E-state index contributed by atoms with van der Waals surface area (Å²) in [4.78, 5) is 17.8. The largest absolute Gasteiger partial charge is 0.337 e. The Bertz CT molecular complexity index is 1110. The van der Waals surface area contributed by atoms with Gasteiger partial charge in [0.25, 0.3) is 0 Å². The molecule has 3 heterocycles. The van der Waals surface area contributed by atoms with Gasteiger partial charge in [-0.1, -0.05) is 72.8 Å². The van der Waals surface area contributed by atoms with E-state index in [4.69, 9.17) is 0 Å². The molecule has 5 rings (SSSR count). The van der Waals surface area contributed by atoms with Gasteiger partial charge >= 0.3 is 0 Å². The first-order chi connectivity index (χ1) is 16.7. The van der Waals surface area contributed by atoms with Gasteiger partial charge in [0.15, 0.2) is 5.16 Å². The van der Waals surface area contributed by atoms with Crippen LogP contribution in [0.2, 0.25) is 0 Å². The highest BCUT2D eigenvalue weighted by Gasteiger charge is 2.27. The lowest BCUT2D eigenvalue weighted by Gasteiger charge is -2.30. The number of likely N-dealkylation sites (tertiary alicyclic amines) is 1. The maximum atomic E-state index is 13.3. The number of hydrogen-bond donors (Lipinski definition) is 0. The van der Waals surface area contributed by atoms with Crippen LogP contribution in [0.3, 0.4) is 0 Å². The molecule has 2 aromatic carbocycles. The van der Waals surface area contributed by atoms with Crippen LogP contribution in [0, 0.1) is 0 Å². The maximum absolute atomic E-state index is 13.3. The van der Waals surface area contributed by atoms with Gasteiger partial charge in [-0.3, -0.25) is 9.69 Å². The van der Waals surface area contributed by atoms with E-state index in [0.717, 1.165) is 50.1 Å². The van der Waals surface area contributed by atoms with Crippen LogP contribution in [-0.4, -0.2) is 55.4 Å². The van der Waals surface area contributed by atoms with E-state index in [1.165, 1.54) is 47.7 Å². The van der Waals surface area contributed by atoms with Gasteiger partial charge in [-0.05, 0) is 56.0 Å². The van der Waals surface area contributed by atoms with Crippen molar-refractivity contribution in [2.24, 2.45) is 0 Å². The average molecular weight is 476 g/mol. The summed E-state index contributed by atoms with van der Waals surface area (Å²) < 4.78 is 2.21. The Morgan fingerprint density at radius 1 is 0.912 bits per heavy atom. The molecule has 2 aliphatic heterocycles. The molecule has 0 saturated carbocycles. The predicted octanol–water partition coefficient (Wildman–Crippen LogP) is 4.38. The van der Waals surface area contributed by atoms with Crippen molar-refractivity contribution < 1.29 is 4.79 Å². The Morgan fingerprint density at radius 3 is 2.44 bits per heavy atom. The Hall–Kier alpha value is -2.64. The number of piperidine rings is 1. The highest BCUT2D eigenvalue weighted by molar-refractivity contribution is 8.00. The van der Waals surface area contributed by atoms with Crippen LogP contribution in [0.5, 0.6) is 0 Å². The van der Waals surface area contributed by atoms with Crippen LogP contribution in [-0.2, 0) is 30.8 Å². The monoisotopic (exact) mass is 475 g/mol. The molecule has 0 N–H and O–H groups in total. The zero-order chi connectivity index (χ0) is 23.3. The molecule has 1 unspecified atom stereocenters. The molecule has 3 aromatic rings. The number of aromatic nitrogens is 3. The molecule has 1 amide bonds. The van der Waals surface area contributed by atoms with Crippen molar-refractivity contribution in [3.63, 3.8) is 0 Å². The minimum Gasteiger partial charge on any atom is -0.337 e. The molecular weight excluding hydrogens is 442 g/mol. The Kier molecular flexibility index (Phi) is 7.30. The summed E-state index contributed by atoms with van der Waals surface area (Å²) in [5.74, 6) is 1.16. The second-order valence-corrected chi connectivity index (χ2v) is 10.7. The lowest BCUT2D eigenvalue weighted by molar-refractivity contribution is -0.131. The molecule has 6 nitrogen and oxygen atoms in total. The number of amides is 1. The van der Waals surface area contributed by atoms with Crippen LogP contribution in [0.15, 0.2) is 59.8 Å². The fourth-order valence-electron chi connectivity index (χ4n) is 4.91. The zero-order valence-electron chi connectivity index (χ0n) is 19.9. The first kappa shape index (κ1) is 23.1. The smallest absolute Gasteiger partial charge is 0.236 e. The predicted molar refractivity (Wildman–Crippen MR) is 136 cm³/mol. The third kappa shape index (κ3) is 5.36. The van der Waals surface area contributed by atoms with Crippen molar-refractivity contribution in [3.8, 4) is 0 Å². The second kappa shape index (κ2) is 10.7. The van der Waals surface area contributed by atoms with E-state index >= 15 is 0 Å². The van der Waals surface area contributed by atoms with Gasteiger partial charge in [0.2, 0.25) is 5.91 Å². The van der Waals surface area contributed by atoms with E-state index in [9.17, 15) is 4.79 Å². The minimum atomic E-state index is -0.216. The zero-order valence-corrected chi connectivity index (χ0v) is 20.7. The van der Waals surface area contributed by atoms with Crippen molar-refractivity contribution in [2.45, 2.75) is 62.6 Å². The Labute approximate surface area is 206 Å².